The van der Waals surface area contributed by atoms with Crippen LogP contribution in [0, 0.1) is 17.9 Å². The zero-order valence-corrected chi connectivity index (χ0v) is 10.6. The molecule has 1 heteroatoms. The molecule has 0 aliphatic rings. The third-order valence-electron chi connectivity index (χ3n) is 1.93. The molecule has 0 aliphatic carbocycles. The van der Waals surface area contributed by atoms with Gasteiger partial charge in [-0.15, -0.1) is 0 Å². The second-order valence-corrected chi connectivity index (χ2v) is 4.56. The van der Waals surface area contributed by atoms with Crippen molar-refractivity contribution in [1.29, 1.82) is 0 Å². The average molecular weight is 305 g/mol. The fraction of sp³-hybridized carbons (Fsp3) is 0. The van der Waals surface area contributed by atoms with Crippen LogP contribution in [0.25, 0.3) is 0 Å². The summed E-state index contributed by atoms with van der Waals surface area (Å²) in [5, 5.41) is 0. The van der Waals surface area contributed by atoms with E-state index in [1.54, 1.807) is 22.3 Å². The van der Waals surface area contributed by atoms with Crippen LogP contribution < -0.4 is 3.61 Å². The van der Waals surface area contributed by atoms with Gasteiger partial charge >= 0.3 is 103 Å². The Morgan fingerprint density at radius 3 is 2.33 bits per heavy atom. The van der Waals surface area contributed by atoms with Crippen molar-refractivity contribution in [2.45, 2.75) is 0 Å². The fourth-order valence-electron chi connectivity index (χ4n) is 1.16. The Bertz CT molecular complexity index is 486. The molecule has 0 aliphatic heterocycles. The van der Waals surface area contributed by atoms with Crippen molar-refractivity contribution >= 4 is 25.9 Å². The maximum absolute atomic E-state index is 3.12. The van der Waals surface area contributed by atoms with Gasteiger partial charge in [0.2, 0.25) is 0 Å². The first-order valence-electron chi connectivity index (χ1n) is 4.62. The molecule has 0 N–H and O–H groups in total. The van der Waals surface area contributed by atoms with E-state index in [-0.39, 0.29) is 0 Å². The van der Waals surface area contributed by atoms with E-state index in [1.807, 2.05) is 36.4 Å². The minimum atomic E-state index is 1.00. The molecule has 0 saturated carbocycles. The summed E-state index contributed by atoms with van der Waals surface area (Å²) in [6.07, 6.45) is 0. The summed E-state index contributed by atoms with van der Waals surface area (Å²) >= 11 is 1.72. The van der Waals surface area contributed by atoms with Crippen molar-refractivity contribution in [3.8, 4) is 11.8 Å². The van der Waals surface area contributed by atoms with Crippen molar-refractivity contribution in [3.05, 3.63) is 65.7 Å². The molecule has 15 heavy (non-hydrogen) atoms. The molecule has 1 radical (unpaired) electrons. The second-order valence-electron chi connectivity index (χ2n) is 3.09. The van der Waals surface area contributed by atoms with Gasteiger partial charge in [0.1, 0.15) is 0 Å². The van der Waals surface area contributed by atoms with E-state index in [0.29, 0.717) is 0 Å². The summed E-state index contributed by atoms with van der Waals surface area (Å²) in [5.41, 5.74) is 2.06. The summed E-state index contributed by atoms with van der Waals surface area (Å²) in [4.78, 5) is 0. The summed E-state index contributed by atoms with van der Waals surface area (Å²) in [6.45, 7) is 0. The SMILES string of the molecule is [TeH]c1ccc(C#Cc2c[c]ccc2)cc1. The quantitative estimate of drug-likeness (QED) is 0.510. The maximum atomic E-state index is 3.12. The zero-order chi connectivity index (χ0) is 10.5. The third-order valence-corrected chi connectivity index (χ3v) is 2.78. The van der Waals surface area contributed by atoms with E-state index >= 15 is 0 Å². The van der Waals surface area contributed by atoms with Crippen LogP contribution in [0.2, 0.25) is 0 Å². The molecular weight excluding hydrogens is 296 g/mol. The van der Waals surface area contributed by atoms with Gasteiger partial charge in [-0.25, -0.2) is 0 Å². The number of hydrogen-bond donors (Lipinski definition) is 0. The minimum absolute atomic E-state index is 1.00. The Hall–Kier alpha value is -1.21. The van der Waals surface area contributed by atoms with Gasteiger partial charge in [0, 0.05) is 0 Å². The standard InChI is InChI=1S/C14H9Te/c15-14-10-8-13(9-11-14)7-6-12-4-2-1-3-5-12/h1-2,4-5,8-11,15H. The van der Waals surface area contributed by atoms with Crippen molar-refractivity contribution in [3.63, 3.8) is 0 Å². The van der Waals surface area contributed by atoms with E-state index in [0.717, 1.165) is 11.1 Å². The van der Waals surface area contributed by atoms with Gasteiger partial charge in [0.05, 0.1) is 0 Å². The van der Waals surface area contributed by atoms with Crippen LogP contribution in [0.15, 0.2) is 48.5 Å². The molecule has 0 fully saturated rings. The summed E-state index contributed by atoms with van der Waals surface area (Å²) in [5.74, 6) is 6.23. The van der Waals surface area contributed by atoms with Crippen LogP contribution in [0.1, 0.15) is 11.1 Å². The van der Waals surface area contributed by atoms with Crippen molar-refractivity contribution < 1.29 is 0 Å². The number of benzene rings is 2. The molecule has 71 valence electrons. The van der Waals surface area contributed by atoms with Crippen molar-refractivity contribution in [2.75, 3.05) is 0 Å². The molecular formula is C14H9Te. The molecule has 0 nitrogen and oxygen atoms in total. The van der Waals surface area contributed by atoms with Gasteiger partial charge in [0.15, 0.2) is 0 Å². The third kappa shape index (κ3) is 3.14. The van der Waals surface area contributed by atoms with Gasteiger partial charge in [-0.3, -0.25) is 0 Å². The normalized spacial score (nSPS) is 9.13. The Morgan fingerprint density at radius 1 is 0.933 bits per heavy atom. The Morgan fingerprint density at radius 2 is 1.67 bits per heavy atom. The zero-order valence-electron chi connectivity index (χ0n) is 8.07. The average Bonchev–Trinajstić information content (AvgIpc) is 2.30. The summed E-state index contributed by atoms with van der Waals surface area (Å²) in [6, 6.07) is 19.0. The summed E-state index contributed by atoms with van der Waals surface area (Å²) in [7, 11) is 0. The van der Waals surface area contributed by atoms with E-state index < -0.39 is 0 Å². The fourth-order valence-corrected chi connectivity index (χ4v) is 1.59. The van der Waals surface area contributed by atoms with Crippen LogP contribution >= 0.6 is 0 Å². The van der Waals surface area contributed by atoms with Crippen molar-refractivity contribution in [2.24, 2.45) is 0 Å². The molecule has 0 saturated heterocycles. The van der Waals surface area contributed by atoms with Crippen molar-refractivity contribution in [1.82, 2.24) is 0 Å². The first kappa shape index (κ1) is 10.3. The molecule has 2 aromatic carbocycles. The number of hydrogen-bond acceptors (Lipinski definition) is 0. The van der Waals surface area contributed by atoms with Gasteiger partial charge in [-0.1, -0.05) is 0 Å². The Labute approximate surface area is 103 Å². The predicted molar refractivity (Wildman–Crippen MR) is 64.5 cm³/mol. The first-order valence-corrected chi connectivity index (χ1v) is 5.89. The van der Waals surface area contributed by atoms with E-state index in [9.17, 15) is 0 Å². The molecule has 0 heterocycles. The van der Waals surface area contributed by atoms with E-state index in [1.165, 1.54) is 3.61 Å². The van der Waals surface area contributed by atoms with Gasteiger partial charge in [-0.2, -0.15) is 0 Å². The van der Waals surface area contributed by atoms with E-state index in [2.05, 4.69) is 30.0 Å². The van der Waals surface area contributed by atoms with Crippen LogP contribution in [0.5, 0.6) is 0 Å². The predicted octanol–water partition coefficient (Wildman–Crippen LogP) is 1.41. The van der Waals surface area contributed by atoms with E-state index in [4.69, 9.17) is 0 Å². The Kier molecular flexibility index (Phi) is 3.46. The van der Waals surface area contributed by atoms with Gasteiger partial charge < -0.3 is 0 Å². The molecule has 0 spiro atoms. The molecule has 0 amide bonds. The first-order chi connectivity index (χ1) is 7.34. The molecule has 2 aromatic rings. The topological polar surface area (TPSA) is 0 Å². The molecule has 0 atom stereocenters. The monoisotopic (exact) mass is 307 g/mol. The van der Waals surface area contributed by atoms with Gasteiger partial charge in [0.25, 0.3) is 0 Å². The Balaban J connectivity index is 2.22. The second kappa shape index (κ2) is 5.04. The molecule has 0 unspecified atom stereocenters. The van der Waals surface area contributed by atoms with Crippen LogP contribution in [-0.4, -0.2) is 22.3 Å². The summed E-state index contributed by atoms with van der Waals surface area (Å²) < 4.78 is 1.31. The van der Waals surface area contributed by atoms with Crippen LogP contribution in [0.3, 0.4) is 0 Å². The molecule has 2 rings (SSSR count). The molecule has 0 aromatic heterocycles. The molecule has 0 bridgehead atoms. The van der Waals surface area contributed by atoms with Crippen LogP contribution in [0.4, 0.5) is 0 Å². The number of rotatable bonds is 0. The van der Waals surface area contributed by atoms with Crippen LogP contribution in [-0.2, 0) is 0 Å². The van der Waals surface area contributed by atoms with Gasteiger partial charge in [-0.05, 0) is 0 Å².